The van der Waals surface area contributed by atoms with Crippen molar-refractivity contribution in [2.24, 2.45) is 0 Å². The molecule has 25 heavy (non-hydrogen) atoms. The van der Waals surface area contributed by atoms with Gasteiger partial charge >= 0.3 is 5.97 Å². The molecular formula is C18H18Cl2N2O3. The van der Waals surface area contributed by atoms with E-state index < -0.39 is 5.97 Å². The second-order valence-electron chi connectivity index (χ2n) is 6.42. The van der Waals surface area contributed by atoms with Crippen LogP contribution in [0, 0.1) is 0 Å². The van der Waals surface area contributed by atoms with Crippen LogP contribution in [-0.2, 0) is 11.3 Å². The number of rotatable bonds is 4. The number of esters is 1. The summed E-state index contributed by atoms with van der Waals surface area (Å²) in [5.41, 5.74) is 0.831. The second kappa shape index (κ2) is 7.85. The van der Waals surface area contributed by atoms with Gasteiger partial charge < -0.3 is 10.1 Å². The summed E-state index contributed by atoms with van der Waals surface area (Å²) in [7, 11) is 0. The summed E-state index contributed by atoms with van der Waals surface area (Å²) in [6, 6.07) is 9.35. The van der Waals surface area contributed by atoms with E-state index in [0.717, 1.165) is 0 Å². The van der Waals surface area contributed by atoms with E-state index in [1.54, 1.807) is 24.3 Å². The zero-order valence-electron chi connectivity index (χ0n) is 14.1. The molecule has 1 amide bonds. The molecule has 0 radical (unpaired) electrons. The minimum absolute atomic E-state index is 0.0928. The molecule has 7 heteroatoms. The van der Waals surface area contributed by atoms with Crippen LogP contribution >= 0.6 is 23.2 Å². The van der Waals surface area contributed by atoms with Crippen molar-refractivity contribution in [3.63, 3.8) is 0 Å². The monoisotopic (exact) mass is 380 g/mol. The number of carbonyl (C=O) groups excluding carboxylic acids is 2. The number of hydrogen-bond donors (Lipinski definition) is 1. The molecule has 2 rings (SSSR count). The molecule has 0 saturated heterocycles. The normalized spacial score (nSPS) is 11.1. The highest BCUT2D eigenvalue weighted by Gasteiger charge is 2.16. The Kier molecular flexibility index (Phi) is 6.03. The van der Waals surface area contributed by atoms with E-state index in [0.29, 0.717) is 21.8 Å². The predicted molar refractivity (Wildman–Crippen MR) is 97.0 cm³/mol. The van der Waals surface area contributed by atoms with Gasteiger partial charge in [-0.1, -0.05) is 23.2 Å². The number of benzene rings is 1. The molecule has 1 aromatic carbocycles. The lowest BCUT2D eigenvalue weighted by atomic mass is 10.1. The van der Waals surface area contributed by atoms with Gasteiger partial charge in [-0.2, -0.15) is 0 Å². The van der Waals surface area contributed by atoms with Crippen molar-refractivity contribution in [2.75, 3.05) is 0 Å². The van der Waals surface area contributed by atoms with Gasteiger partial charge in [0.05, 0.1) is 16.3 Å². The number of carbonyl (C=O) groups is 2. The molecule has 0 atom stereocenters. The smallest absolute Gasteiger partial charge is 0.338 e. The fourth-order valence-electron chi connectivity index (χ4n) is 1.95. The van der Waals surface area contributed by atoms with Crippen molar-refractivity contribution >= 4 is 35.1 Å². The first-order valence-corrected chi connectivity index (χ1v) is 8.32. The summed E-state index contributed by atoms with van der Waals surface area (Å²) in [6.45, 7) is 5.59. The number of amides is 1. The third-order valence-electron chi connectivity index (χ3n) is 3.10. The van der Waals surface area contributed by atoms with Gasteiger partial charge in [-0.15, -0.1) is 0 Å². The number of nitrogens with one attached hydrogen (secondary N) is 1. The summed E-state index contributed by atoms with van der Waals surface area (Å²) in [4.78, 5) is 28.2. The van der Waals surface area contributed by atoms with E-state index in [2.05, 4.69) is 10.3 Å². The van der Waals surface area contributed by atoms with Crippen LogP contribution in [0.5, 0.6) is 0 Å². The Morgan fingerprint density at radius 2 is 1.64 bits per heavy atom. The highest BCUT2D eigenvalue weighted by molar-refractivity contribution is 6.32. The molecule has 132 valence electrons. The molecule has 2 aromatic rings. The molecule has 0 saturated carbocycles. The van der Waals surface area contributed by atoms with Crippen LogP contribution in [0.4, 0.5) is 0 Å². The minimum atomic E-state index is -0.541. The van der Waals surface area contributed by atoms with Crippen LogP contribution in [0.3, 0.4) is 0 Å². The highest BCUT2D eigenvalue weighted by Crippen LogP contribution is 2.18. The molecule has 1 N–H and O–H groups in total. The van der Waals surface area contributed by atoms with Gasteiger partial charge in [-0.05, 0) is 57.2 Å². The number of aromatic nitrogens is 1. The Bertz CT molecular complexity index is 784. The summed E-state index contributed by atoms with van der Waals surface area (Å²) < 4.78 is 5.19. The van der Waals surface area contributed by atoms with Crippen molar-refractivity contribution in [3.8, 4) is 0 Å². The zero-order valence-corrected chi connectivity index (χ0v) is 15.6. The van der Waals surface area contributed by atoms with Gasteiger partial charge in [0, 0.05) is 11.1 Å². The van der Waals surface area contributed by atoms with Crippen LogP contribution in [0.25, 0.3) is 0 Å². The molecule has 0 bridgehead atoms. The van der Waals surface area contributed by atoms with Crippen LogP contribution in [-0.4, -0.2) is 22.4 Å². The minimum Gasteiger partial charge on any atom is -0.456 e. The van der Waals surface area contributed by atoms with E-state index in [1.165, 1.54) is 12.1 Å². The number of ether oxygens (including phenoxy) is 1. The Labute approximate surface area is 156 Å². The average Bonchev–Trinajstić information content (AvgIpc) is 2.54. The van der Waals surface area contributed by atoms with Crippen LogP contribution < -0.4 is 5.32 Å². The van der Waals surface area contributed by atoms with Crippen molar-refractivity contribution < 1.29 is 14.3 Å². The number of pyridine rings is 1. The molecule has 1 aromatic heterocycles. The van der Waals surface area contributed by atoms with Gasteiger partial charge in [0.15, 0.2) is 0 Å². The molecule has 5 nitrogen and oxygen atoms in total. The van der Waals surface area contributed by atoms with Crippen molar-refractivity contribution in [2.45, 2.75) is 32.9 Å². The van der Waals surface area contributed by atoms with E-state index in [1.807, 2.05) is 20.8 Å². The maximum Gasteiger partial charge on any atom is 0.338 e. The Balaban J connectivity index is 2.00. The van der Waals surface area contributed by atoms with Gasteiger partial charge in [0.25, 0.3) is 5.91 Å². The van der Waals surface area contributed by atoms with Gasteiger partial charge in [0.1, 0.15) is 11.8 Å². The first-order valence-electron chi connectivity index (χ1n) is 7.56. The van der Waals surface area contributed by atoms with Gasteiger partial charge in [0.2, 0.25) is 0 Å². The lowest BCUT2D eigenvalue weighted by Gasteiger charge is -2.20. The fourth-order valence-corrected chi connectivity index (χ4v) is 2.27. The quantitative estimate of drug-likeness (QED) is 0.634. The number of hydrogen-bond acceptors (Lipinski definition) is 4. The third kappa shape index (κ3) is 5.73. The van der Waals surface area contributed by atoms with E-state index in [-0.39, 0.29) is 23.2 Å². The lowest BCUT2D eigenvalue weighted by Crippen LogP contribution is -2.40. The van der Waals surface area contributed by atoms with Crippen molar-refractivity contribution in [3.05, 3.63) is 63.4 Å². The summed E-state index contributed by atoms with van der Waals surface area (Å²) in [5.74, 6) is -0.747. The molecular weight excluding hydrogens is 363 g/mol. The average molecular weight is 381 g/mol. The first kappa shape index (κ1) is 19.2. The first-order chi connectivity index (χ1) is 11.7. The topological polar surface area (TPSA) is 68.3 Å². The molecule has 0 aliphatic rings. The van der Waals surface area contributed by atoms with E-state index in [4.69, 9.17) is 27.9 Å². The maximum atomic E-state index is 12.1. The molecule has 0 unspecified atom stereocenters. The lowest BCUT2D eigenvalue weighted by molar-refractivity contribution is 0.0467. The summed E-state index contributed by atoms with van der Waals surface area (Å²) >= 11 is 11.8. The van der Waals surface area contributed by atoms with Crippen molar-refractivity contribution in [1.82, 2.24) is 10.3 Å². The molecule has 0 aliphatic carbocycles. The molecule has 0 aliphatic heterocycles. The van der Waals surface area contributed by atoms with Crippen LogP contribution in [0.1, 0.15) is 47.2 Å². The van der Waals surface area contributed by atoms with Crippen molar-refractivity contribution in [1.29, 1.82) is 0 Å². The Hall–Kier alpha value is -2.11. The summed E-state index contributed by atoms with van der Waals surface area (Å²) in [5, 5.41) is 3.49. The van der Waals surface area contributed by atoms with Gasteiger partial charge in [-0.3, -0.25) is 4.79 Å². The van der Waals surface area contributed by atoms with Gasteiger partial charge in [-0.25, -0.2) is 9.78 Å². The molecule has 1 heterocycles. The Morgan fingerprint density at radius 3 is 2.24 bits per heavy atom. The maximum absolute atomic E-state index is 12.1. The molecule has 0 fully saturated rings. The third-order valence-corrected chi connectivity index (χ3v) is 3.65. The number of halogens is 2. The standard InChI is InChI=1S/C18H18Cl2N2O3/c1-18(2,3)22-16(23)11-4-6-12(7-5-11)17(24)25-10-14-13(19)8-9-15(20)21-14/h4-9H,10H2,1-3H3,(H,22,23). The second-order valence-corrected chi connectivity index (χ2v) is 7.21. The van der Waals surface area contributed by atoms with Crippen LogP contribution in [0.2, 0.25) is 10.2 Å². The molecule has 0 spiro atoms. The van der Waals surface area contributed by atoms with E-state index in [9.17, 15) is 9.59 Å². The fraction of sp³-hybridized carbons (Fsp3) is 0.278. The zero-order chi connectivity index (χ0) is 18.6. The largest absolute Gasteiger partial charge is 0.456 e. The van der Waals surface area contributed by atoms with Crippen LogP contribution in [0.15, 0.2) is 36.4 Å². The number of nitrogens with zero attached hydrogens (tertiary/aromatic N) is 1. The summed E-state index contributed by atoms with van der Waals surface area (Å²) in [6.07, 6.45) is 0. The highest BCUT2D eigenvalue weighted by atomic mass is 35.5. The van der Waals surface area contributed by atoms with E-state index >= 15 is 0 Å². The SMILES string of the molecule is CC(C)(C)NC(=O)c1ccc(C(=O)OCc2nc(Cl)ccc2Cl)cc1. The predicted octanol–water partition coefficient (Wildman–Crippen LogP) is 4.27. The Morgan fingerprint density at radius 1 is 1.04 bits per heavy atom.